The molecule has 0 aromatic rings. The Balaban J connectivity index is 3.58. The van der Waals surface area contributed by atoms with Crippen molar-refractivity contribution in [3.63, 3.8) is 0 Å². The Hall–Kier alpha value is -0.120. The van der Waals surface area contributed by atoms with Crippen LogP contribution in [0.4, 0.5) is 0 Å². The third-order valence-electron chi connectivity index (χ3n) is 1.78. The fourth-order valence-electron chi connectivity index (χ4n) is 0.594. The van der Waals surface area contributed by atoms with Gasteiger partial charge < -0.3 is 15.6 Å². The van der Waals surface area contributed by atoms with Crippen LogP contribution in [-0.2, 0) is 4.74 Å². The zero-order valence-electron chi connectivity index (χ0n) is 6.76. The van der Waals surface area contributed by atoms with Crippen LogP contribution in [0.1, 0.15) is 13.3 Å². The molecule has 0 saturated heterocycles. The van der Waals surface area contributed by atoms with E-state index in [-0.39, 0.29) is 12.0 Å². The summed E-state index contributed by atoms with van der Waals surface area (Å²) in [6, 6.07) is 0. The molecule has 0 heterocycles. The minimum Gasteiger partial charge on any atom is -0.396 e. The average Bonchev–Trinajstić information content (AvgIpc) is 2.00. The molecule has 1 atom stereocenters. The zero-order valence-corrected chi connectivity index (χ0v) is 6.76. The zero-order chi connectivity index (χ0) is 8.04. The third-order valence-corrected chi connectivity index (χ3v) is 1.78. The molecule has 0 aromatic heterocycles. The second kappa shape index (κ2) is 4.66. The van der Waals surface area contributed by atoms with Crippen molar-refractivity contribution in [2.45, 2.75) is 13.3 Å². The summed E-state index contributed by atoms with van der Waals surface area (Å²) in [7, 11) is 1.65. The maximum absolute atomic E-state index is 8.88. The van der Waals surface area contributed by atoms with Crippen LogP contribution in [-0.4, -0.2) is 32.0 Å². The minimum absolute atomic E-state index is 0.132. The van der Waals surface area contributed by atoms with Crippen LogP contribution < -0.4 is 5.73 Å². The van der Waals surface area contributed by atoms with Crippen LogP contribution in [0.2, 0.25) is 0 Å². The summed E-state index contributed by atoms with van der Waals surface area (Å²) in [5, 5.41) is 8.88. The monoisotopic (exact) mass is 147 g/mol. The molecule has 0 spiro atoms. The summed E-state index contributed by atoms with van der Waals surface area (Å²) >= 11 is 0. The quantitative estimate of drug-likeness (QED) is 0.574. The van der Waals surface area contributed by atoms with Gasteiger partial charge in [-0.3, -0.25) is 0 Å². The van der Waals surface area contributed by atoms with Gasteiger partial charge in [0.15, 0.2) is 0 Å². The third kappa shape index (κ3) is 3.15. The molecule has 0 aromatic carbocycles. The van der Waals surface area contributed by atoms with Crippen LogP contribution in [0.25, 0.3) is 0 Å². The first-order valence-corrected chi connectivity index (χ1v) is 3.48. The lowest BCUT2D eigenvalue weighted by atomic mass is 9.88. The molecule has 0 saturated carbocycles. The van der Waals surface area contributed by atoms with Crippen molar-refractivity contribution in [3.05, 3.63) is 0 Å². The fourth-order valence-corrected chi connectivity index (χ4v) is 0.594. The normalized spacial score (nSPS) is 16.8. The number of methoxy groups -OCH3 is 1. The molecule has 0 aliphatic carbocycles. The van der Waals surface area contributed by atoms with Gasteiger partial charge >= 0.3 is 0 Å². The summed E-state index contributed by atoms with van der Waals surface area (Å²) in [5.41, 5.74) is 5.29. The highest BCUT2D eigenvalue weighted by Gasteiger charge is 2.20. The first kappa shape index (κ1) is 9.88. The molecule has 0 fully saturated rings. The summed E-state index contributed by atoms with van der Waals surface area (Å²) in [6.45, 7) is 3.25. The number of aliphatic hydroxyl groups is 1. The number of hydrogen-bond acceptors (Lipinski definition) is 3. The topological polar surface area (TPSA) is 55.5 Å². The number of hydrogen-bond donors (Lipinski definition) is 2. The van der Waals surface area contributed by atoms with Gasteiger partial charge in [-0.25, -0.2) is 0 Å². The fraction of sp³-hybridized carbons (Fsp3) is 1.00. The van der Waals surface area contributed by atoms with Crippen LogP contribution in [0.5, 0.6) is 0 Å². The average molecular weight is 147 g/mol. The smallest absolute Gasteiger partial charge is 0.0497 e. The van der Waals surface area contributed by atoms with E-state index in [1.165, 1.54) is 0 Å². The molecule has 0 amide bonds. The van der Waals surface area contributed by atoms with Crippen LogP contribution in [0, 0.1) is 5.41 Å². The molecule has 0 rings (SSSR count). The van der Waals surface area contributed by atoms with Crippen LogP contribution in [0.3, 0.4) is 0 Å². The molecule has 3 heteroatoms. The predicted molar refractivity (Wildman–Crippen MR) is 40.7 cm³/mol. The Bertz CT molecular complexity index is 81.7. The Morgan fingerprint density at radius 2 is 2.20 bits per heavy atom. The first-order valence-electron chi connectivity index (χ1n) is 3.48. The van der Waals surface area contributed by atoms with Gasteiger partial charge in [0.05, 0.1) is 0 Å². The van der Waals surface area contributed by atoms with Gasteiger partial charge in [0, 0.05) is 25.7 Å². The summed E-state index contributed by atoms with van der Waals surface area (Å²) < 4.78 is 4.87. The second-order valence-electron chi connectivity index (χ2n) is 2.92. The molecule has 10 heavy (non-hydrogen) atoms. The first-order chi connectivity index (χ1) is 4.68. The van der Waals surface area contributed by atoms with E-state index >= 15 is 0 Å². The lowest BCUT2D eigenvalue weighted by Gasteiger charge is -2.24. The van der Waals surface area contributed by atoms with Crippen molar-refractivity contribution < 1.29 is 9.84 Å². The standard InChI is InChI=1S/C7H17NO2/c1-7(5-8,6-9)3-4-10-2/h9H,3-6,8H2,1-2H3. The highest BCUT2D eigenvalue weighted by Crippen LogP contribution is 2.17. The predicted octanol–water partition coefficient (Wildman–Crippen LogP) is -0.0198. The number of rotatable bonds is 5. The molecule has 0 aliphatic rings. The van der Waals surface area contributed by atoms with E-state index in [9.17, 15) is 0 Å². The SMILES string of the molecule is COCCC(C)(CN)CO. The summed E-state index contributed by atoms with van der Waals surface area (Å²) in [5.74, 6) is 0. The lowest BCUT2D eigenvalue weighted by molar-refractivity contribution is 0.0946. The van der Waals surface area contributed by atoms with Gasteiger partial charge in [-0.05, 0) is 13.0 Å². The Labute approximate surface area is 62.2 Å². The van der Waals surface area contributed by atoms with Gasteiger partial charge in [-0.15, -0.1) is 0 Å². The van der Waals surface area contributed by atoms with Crippen molar-refractivity contribution in [2.24, 2.45) is 11.1 Å². The molecular formula is C7H17NO2. The van der Waals surface area contributed by atoms with Crippen molar-refractivity contribution >= 4 is 0 Å². The molecule has 3 nitrogen and oxygen atoms in total. The van der Waals surface area contributed by atoms with E-state index in [0.29, 0.717) is 13.2 Å². The van der Waals surface area contributed by atoms with E-state index in [2.05, 4.69) is 0 Å². The van der Waals surface area contributed by atoms with Gasteiger partial charge in [0.1, 0.15) is 0 Å². The summed E-state index contributed by atoms with van der Waals surface area (Å²) in [6.07, 6.45) is 0.816. The molecular weight excluding hydrogens is 130 g/mol. The van der Waals surface area contributed by atoms with E-state index in [1.807, 2.05) is 6.92 Å². The Kier molecular flexibility index (Phi) is 4.60. The van der Waals surface area contributed by atoms with Gasteiger partial charge in [-0.1, -0.05) is 6.92 Å². The Morgan fingerprint density at radius 3 is 2.50 bits per heavy atom. The van der Waals surface area contributed by atoms with E-state index in [0.717, 1.165) is 6.42 Å². The number of nitrogens with two attached hydrogens (primary N) is 1. The largest absolute Gasteiger partial charge is 0.396 e. The maximum Gasteiger partial charge on any atom is 0.0497 e. The lowest BCUT2D eigenvalue weighted by Crippen LogP contribution is -2.32. The minimum atomic E-state index is -0.157. The molecule has 0 radical (unpaired) electrons. The molecule has 0 aliphatic heterocycles. The maximum atomic E-state index is 8.88. The number of aliphatic hydroxyl groups excluding tert-OH is 1. The van der Waals surface area contributed by atoms with Crippen molar-refractivity contribution in [1.82, 2.24) is 0 Å². The number of ether oxygens (including phenoxy) is 1. The molecule has 0 bridgehead atoms. The molecule has 1 unspecified atom stereocenters. The highest BCUT2D eigenvalue weighted by molar-refractivity contribution is 4.73. The van der Waals surface area contributed by atoms with E-state index in [1.54, 1.807) is 7.11 Å². The van der Waals surface area contributed by atoms with Gasteiger partial charge in [0.2, 0.25) is 0 Å². The van der Waals surface area contributed by atoms with Crippen molar-refractivity contribution in [3.8, 4) is 0 Å². The summed E-state index contributed by atoms with van der Waals surface area (Å²) in [4.78, 5) is 0. The van der Waals surface area contributed by atoms with Crippen molar-refractivity contribution in [1.29, 1.82) is 0 Å². The van der Waals surface area contributed by atoms with Gasteiger partial charge in [-0.2, -0.15) is 0 Å². The molecule has 62 valence electrons. The van der Waals surface area contributed by atoms with Gasteiger partial charge in [0.25, 0.3) is 0 Å². The van der Waals surface area contributed by atoms with Crippen molar-refractivity contribution in [2.75, 3.05) is 26.9 Å². The van der Waals surface area contributed by atoms with E-state index in [4.69, 9.17) is 15.6 Å². The Morgan fingerprint density at radius 1 is 1.60 bits per heavy atom. The van der Waals surface area contributed by atoms with Crippen LogP contribution >= 0.6 is 0 Å². The van der Waals surface area contributed by atoms with E-state index < -0.39 is 0 Å². The molecule has 3 N–H and O–H groups in total. The second-order valence-corrected chi connectivity index (χ2v) is 2.92. The van der Waals surface area contributed by atoms with Crippen LogP contribution in [0.15, 0.2) is 0 Å². The highest BCUT2D eigenvalue weighted by atomic mass is 16.5.